The predicted molar refractivity (Wildman–Crippen MR) is 60.1 cm³/mol. The fraction of sp³-hybridized carbons (Fsp3) is 0.833. The summed E-state index contributed by atoms with van der Waals surface area (Å²) in [5.74, 6) is 0.255. The van der Waals surface area contributed by atoms with Crippen molar-refractivity contribution >= 4 is 11.7 Å². The molecule has 4 nitrogen and oxygen atoms in total. The summed E-state index contributed by atoms with van der Waals surface area (Å²) in [6, 6.07) is 0. The van der Waals surface area contributed by atoms with Crippen LogP contribution in [0.5, 0.6) is 0 Å². The number of esters is 1. The Morgan fingerprint density at radius 3 is 2.88 bits per heavy atom. The van der Waals surface area contributed by atoms with Gasteiger partial charge in [0.05, 0.1) is 6.61 Å². The van der Waals surface area contributed by atoms with Crippen LogP contribution < -0.4 is 0 Å². The SMILES string of the molecule is CCOC(=O)C1=NOC(C2CCCCC2)C1. The molecule has 0 saturated heterocycles. The molecule has 0 aromatic rings. The Hall–Kier alpha value is -1.06. The van der Waals surface area contributed by atoms with Crippen LogP contribution in [0.2, 0.25) is 0 Å². The molecule has 1 heterocycles. The molecule has 4 heteroatoms. The first-order valence-corrected chi connectivity index (χ1v) is 6.21. The highest BCUT2D eigenvalue weighted by Crippen LogP contribution is 2.31. The molecule has 0 aromatic heterocycles. The lowest BCUT2D eigenvalue weighted by molar-refractivity contribution is -0.135. The van der Waals surface area contributed by atoms with E-state index in [4.69, 9.17) is 9.57 Å². The third-order valence-corrected chi connectivity index (χ3v) is 3.38. The van der Waals surface area contributed by atoms with Gasteiger partial charge in [0, 0.05) is 6.42 Å². The van der Waals surface area contributed by atoms with E-state index in [-0.39, 0.29) is 12.1 Å². The molecule has 0 aromatic carbocycles. The zero-order chi connectivity index (χ0) is 11.4. The molecular weight excluding hydrogens is 206 g/mol. The van der Waals surface area contributed by atoms with E-state index in [1.54, 1.807) is 6.92 Å². The fourth-order valence-electron chi connectivity index (χ4n) is 2.49. The van der Waals surface area contributed by atoms with Crippen LogP contribution in [-0.2, 0) is 14.4 Å². The Bertz CT molecular complexity index is 282. The number of carbonyl (C=O) groups excluding carboxylic acids is 1. The van der Waals surface area contributed by atoms with Gasteiger partial charge in [0.15, 0.2) is 5.71 Å². The molecule has 1 aliphatic heterocycles. The molecule has 1 fully saturated rings. The van der Waals surface area contributed by atoms with Gasteiger partial charge in [0.2, 0.25) is 0 Å². The van der Waals surface area contributed by atoms with Crippen LogP contribution in [0.3, 0.4) is 0 Å². The Morgan fingerprint density at radius 2 is 2.19 bits per heavy atom. The van der Waals surface area contributed by atoms with Gasteiger partial charge in [-0.3, -0.25) is 0 Å². The molecular formula is C12H19NO3. The van der Waals surface area contributed by atoms with E-state index >= 15 is 0 Å². The molecule has 16 heavy (non-hydrogen) atoms. The minimum absolute atomic E-state index is 0.111. The maximum Gasteiger partial charge on any atom is 0.356 e. The number of hydrogen-bond donors (Lipinski definition) is 0. The van der Waals surface area contributed by atoms with Crippen molar-refractivity contribution in [2.24, 2.45) is 11.1 Å². The fourth-order valence-corrected chi connectivity index (χ4v) is 2.49. The van der Waals surface area contributed by atoms with Gasteiger partial charge >= 0.3 is 5.97 Å². The Kier molecular flexibility index (Phi) is 3.80. The number of hydrogen-bond acceptors (Lipinski definition) is 4. The standard InChI is InChI=1S/C12H19NO3/c1-2-15-12(14)10-8-11(16-13-10)9-6-4-3-5-7-9/h9,11H,2-8H2,1H3. The molecule has 1 aliphatic carbocycles. The van der Waals surface area contributed by atoms with E-state index in [1.165, 1.54) is 32.1 Å². The van der Waals surface area contributed by atoms with Gasteiger partial charge in [-0.15, -0.1) is 0 Å². The average Bonchev–Trinajstić information content (AvgIpc) is 2.80. The van der Waals surface area contributed by atoms with E-state index in [2.05, 4.69) is 5.16 Å². The Balaban J connectivity index is 1.83. The van der Waals surface area contributed by atoms with Crippen LogP contribution in [0.15, 0.2) is 5.16 Å². The molecule has 2 rings (SSSR count). The van der Waals surface area contributed by atoms with E-state index in [9.17, 15) is 4.79 Å². The van der Waals surface area contributed by atoms with E-state index in [1.807, 2.05) is 0 Å². The smallest absolute Gasteiger partial charge is 0.356 e. The highest BCUT2D eigenvalue weighted by Gasteiger charge is 2.33. The van der Waals surface area contributed by atoms with Crippen LogP contribution in [-0.4, -0.2) is 24.4 Å². The predicted octanol–water partition coefficient (Wildman–Crippen LogP) is 2.27. The number of ether oxygens (including phenoxy) is 1. The van der Waals surface area contributed by atoms with Gasteiger partial charge in [-0.1, -0.05) is 24.4 Å². The van der Waals surface area contributed by atoms with Crippen molar-refractivity contribution in [1.29, 1.82) is 0 Å². The van der Waals surface area contributed by atoms with Crippen molar-refractivity contribution in [2.75, 3.05) is 6.61 Å². The Labute approximate surface area is 96.0 Å². The maximum absolute atomic E-state index is 11.4. The summed E-state index contributed by atoms with van der Waals surface area (Å²) >= 11 is 0. The minimum Gasteiger partial charge on any atom is -0.461 e. The van der Waals surface area contributed by atoms with E-state index in [0.29, 0.717) is 24.7 Å². The average molecular weight is 225 g/mol. The van der Waals surface area contributed by atoms with Crippen molar-refractivity contribution in [1.82, 2.24) is 0 Å². The maximum atomic E-state index is 11.4. The van der Waals surface area contributed by atoms with Crippen LogP contribution in [0, 0.1) is 5.92 Å². The number of nitrogens with zero attached hydrogens (tertiary/aromatic N) is 1. The van der Waals surface area contributed by atoms with Gasteiger partial charge in [-0.2, -0.15) is 0 Å². The van der Waals surface area contributed by atoms with Gasteiger partial charge in [0.25, 0.3) is 0 Å². The summed E-state index contributed by atoms with van der Waals surface area (Å²) in [6.45, 7) is 2.19. The Morgan fingerprint density at radius 1 is 1.44 bits per heavy atom. The van der Waals surface area contributed by atoms with E-state index < -0.39 is 0 Å². The monoisotopic (exact) mass is 225 g/mol. The molecule has 90 valence electrons. The zero-order valence-electron chi connectivity index (χ0n) is 9.78. The van der Waals surface area contributed by atoms with Gasteiger partial charge in [0.1, 0.15) is 6.10 Å². The molecule has 0 spiro atoms. The molecule has 0 radical (unpaired) electrons. The molecule has 0 amide bonds. The van der Waals surface area contributed by atoms with Crippen molar-refractivity contribution < 1.29 is 14.4 Å². The number of carbonyl (C=O) groups is 1. The van der Waals surface area contributed by atoms with Crippen LogP contribution in [0.25, 0.3) is 0 Å². The van der Waals surface area contributed by atoms with Crippen molar-refractivity contribution in [3.8, 4) is 0 Å². The summed E-state index contributed by atoms with van der Waals surface area (Å²) in [7, 11) is 0. The second-order valence-corrected chi connectivity index (χ2v) is 4.50. The quantitative estimate of drug-likeness (QED) is 0.692. The van der Waals surface area contributed by atoms with Crippen molar-refractivity contribution in [3.63, 3.8) is 0 Å². The zero-order valence-corrected chi connectivity index (χ0v) is 9.78. The summed E-state index contributed by atoms with van der Waals surface area (Å²) in [5.41, 5.74) is 0.456. The molecule has 1 unspecified atom stereocenters. The first-order valence-electron chi connectivity index (χ1n) is 6.21. The first kappa shape index (κ1) is 11.4. The molecule has 0 N–H and O–H groups in total. The first-order chi connectivity index (χ1) is 7.81. The minimum atomic E-state index is -0.319. The summed E-state index contributed by atoms with van der Waals surface area (Å²) in [5, 5.41) is 3.85. The van der Waals surface area contributed by atoms with E-state index in [0.717, 1.165) is 0 Å². The summed E-state index contributed by atoms with van der Waals surface area (Å²) < 4.78 is 4.91. The second-order valence-electron chi connectivity index (χ2n) is 4.50. The van der Waals surface area contributed by atoms with Crippen LogP contribution in [0.4, 0.5) is 0 Å². The van der Waals surface area contributed by atoms with Gasteiger partial charge in [-0.25, -0.2) is 4.79 Å². The van der Waals surface area contributed by atoms with Gasteiger partial charge in [-0.05, 0) is 25.7 Å². The molecule has 2 aliphatic rings. The normalized spacial score (nSPS) is 26.1. The highest BCUT2D eigenvalue weighted by molar-refractivity contribution is 6.36. The summed E-state index contributed by atoms with van der Waals surface area (Å²) in [6.07, 6.45) is 7.03. The second kappa shape index (κ2) is 5.32. The molecule has 1 atom stereocenters. The van der Waals surface area contributed by atoms with Crippen molar-refractivity contribution in [3.05, 3.63) is 0 Å². The highest BCUT2D eigenvalue weighted by atomic mass is 16.6. The number of rotatable bonds is 3. The summed E-state index contributed by atoms with van der Waals surface area (Å²) in [4.78, 5) is 16.8. The third-order valence-electron chi connectivity index (χ3n) is 3.38. The molecule has 1 saturated carbocycles. The van der Waals surface area contributed by atoms with Crippen LogP contribution >= 0.6 is 0 Å². The topological polar surface area (TPSA) is 47.9 Å². The van der Waals surface area contributed by atoms with Gasteiger partial charge < -0.3 is 9.57 Å². The lowest BCUT2D eigenvalue weighted by Crippen LogP contribution is -2.25. The lowest BCUT2D eigenvalue weighted by atomic mass is 9.84. The number of oxime groups is 1. The third kappa shape index (κ3) is 2.54. The molecule has 0 bridgehead atoms. The van der Waals surface area contributed by atoms with Crippen molar-refractivity contribution in [2.45, 2.75) is 51.6 Å². The largest absolute Gasteiger partial charge is 0.461 e. The van der Waals surface area contributed by atoms with Crippen LogP contribution in [0.1, 0.15) is 45.4 Å². The lowest BCUT2D eigenvalue weighted by Gasteiger charge is -2.25.